The van der Waals surface area contributed by atoms with Gasteiger partial charge in [-0.15, -0.1) is 0 Å². The Morgan fingerprint density at radius 3 is 2.24 bits per heavy atom. The SMILES string of the molecule is CCOc1ccc(C(=O)NCCCN2CCN(c3ccc(OC)cc3)CC2)cc1. The zero-order valence-corrected chi connectivity index (χ0v) is 17.4. The molecule has 1 aliphatic heterocycles. The number of amides is 1. The summed E-state index contributed by atoms with van der Waals surface area (Å²) in [5.74, 6) is 1.65. The van der Waals surface area contributed by atoms with Crippen LogP contribution in [0, 0.1) is 0 Å². The lowest BCUT2D eigenvalue weighted by Crippen LogP contribution is -2.47. The van der Waals surface area contributed by atoms with Gasteiger partial charge in [-0.2, -0.15) is 0 Å². The fourth-order valence-electron chi connectivity index (χ4n) is 3.50. The molecule has 0 bridgehead atoms. The molecule has 0 aromatic heterocycles. The molecule has 6 nitrogen and oxygen atoms in total. The van der Waals surface area contributed by atoms with Gasteiger partial charge < -0.3 is 19.7 Å². The molecule has 156 valence electrons. The standard InChI is InChI=1S/C23H31N3O3/c1-3-29-22-9-5-19(6-10-22)23(27)24-13-4-14-25-15-17-26(18-16-25)20-7-11-21(28-2)12-8-20/h5-12H,3-4,13-18H2,1-2H3,(H,24,27). The Morgan fingerprint density at radius 2 is 1.62 bits per heavy atom. The highest BCUT2D eigenvalue weighted by atomic mass is 16.5. The third kappa shape index (κ3) is 6.12. The molecule has 0 unspecified atom stereocenters. The normalized spacial score (nSPS) is 14.5. The first kappa shape index (κ1) is 21.0. The molecule has 3 rings (SSSR count). The van der Waals surface area contributed by atoms with Crippen LogP contribution in [0.2, 0.25) is 0 Å². The number of methoxy groups -OCH3 is 1. The first-order valence-electron chi connectivity index (χ1n) is 10.3. The van der Waals surface area contributed by atoms with Crippen LogP contribution in [0.25, 0.3) is 0 Å². The van der Waals surface area contributed by atoms with Crippen molar-refractivity contribution < 1.29 is 14.3 Å². The molecule has 1 N–H and O–H groups in total. The highest BCUT2D eigenvalue weighted by Crippen LogP contribution is 2.20. The third-order valence-electron chi connectivity index (χ3n) is 5.17. The van der Waals surface area contributed by atoms with E-state index in [-0.39, 0.29) is 5.91 Å². The Balaban J connectivity index is 1.33. The molecule has 0 atom stereocenters. The molecule has 1 aliphatic rings. The number of hydrogen-bond donors (Lipinski definition) is 1. The molecule has 1 heterocycles. The van der Waals surface area contributed by atoms with Crippen molar-refractivity contribution in [2.45, 2.75) is 13.3 Å². The van der Waals surface area contributed by atoms with Crippen LogP contribution in [0.4, 0.5) is 5.69 Å². The van der Waals surface area contributed by atoms with E-state index in [0.29, 0.717) is 18.7 Å². The average Bonchev–Trinajstić information content (AvgIpc) is 2.78. The van der Waals surface area contributed by atoms with Gasteiger partial charge in [-0.3, -0.25) is 9.69 Å². The molecule has 2 aromatic rings. The van der Waals surface area contributed by atoms with Crippen LogP contribution in [0.5, 0.6) is 11.5 Å². The Kier molecular flexibility index (Phi) is 7.76. The molecule has 0 saturated carbocycles. The molecular weight excluding hydrogens is 366 g/mol. The summed E-state index contributed by atoms with van der Waals surface area (Å²) in [6.07, 6.45) is 0.950. The maximum Gasteiger partial charge on any atom is 0.251 e. The molecule has 29 heavy (non-hydrogen) atoms. The number of carbonyl (C=O) groups excluding carboxylic acids is 1. The second-order valence-corrected chi connectivity index (χ2v) is 7.09. The molecule has 6 heteroatoms. The molecule has 0 spiro atoms. The second kappa shape index (κ2) is 10.7. The first-order valence-corrected chi connectivity index (χ1v) is 10.3. The van der Waals surface area contributed by atoms with Gasteiger partial charge in [0.05, 0.1) is 13.7 Å². The fourth-order valence-corrected chi connectivity index (χ4v) is 3.50. The summed E-state index contributed by atoms with van der Waals surface area (Å²) in [6.45, 7) is 8.37. The first-order chi connectivity index (χ1) is 14.2. The van der Waals surface area contributed by atoms with Gasteiger partial charge >= 0.3 is 0 Å². The largest absolute Gasteiger partial charge is 0.497 e. The molecule has 1 amide bonds. The molecule has 0 aliphatic carbocycles. The number of benzene rings is 2. The number of ether oxygens (including phenoxy) is 2. The van der Waals surface area contributed by atoms with Crippen molar-refractivity contribution in [2.24, 2.45) is 0 Å². The number of nitrogens with one attached hydrogen (secondary N) is 1. The Bertz CT molecular complexity index is 754. The van der Waals surface area contributed by atoms with Gasteiger partial charge in [0, 0.05) is 44.0 Å². The summed E-state index contributed by atoms with van der Waals surface area (Å²) < 4.78 is 10.6. The minimum Gasteiger partial charge on any atom is -0.497 e. The summed E-state index contributed by atoms with van der Waals surface area (Å²) >= 11 is 0. The van der Waals surface area contributed by atoms with E-state index in [1.165, 1.54) is 5.69 Å². The Morgan fingerprint density at radius 1 is 0.966 bits per heavy atom. The van der Waals surface area contributed by atoms with Crippen LogP contribution in [-0.2, 0) is 0 Å². The van der Waals surface area contributed by atoms with Crippen molar-refractivity contribution in [1.29, 1.82) is 0 Å². The van der Waals surface area contributed by atoms with E-state index < -0.39 is 0 Å². The highest BCUT2D eigenvalue weighted by Gasteiger charge is 2.17. The third-order valence-corrected chi connectivity index (χ3v) is 5.17. The monoisotopic (exact) mass is 397 g/mol. The minimum atomic E-state index is -0.0302. The second-order valence-electron chi connectivity index (χ2n) is 7.09. The molecule has 1 fully saturated rings. The summed E-state index contributed by atoms with van der Waals surface area (Å²) in [5.41, 5.74) is 1.91. The predicted molar refractivity (Wildman–Crippen MR) is 116 cm³/mol. The number of hydrogen-bond acceptors (Lipinski definition) is 5. The number of anilines is 1. The zero-order chi connectivity index (χ0) is 20.5. The van der Waals surface area contributed by atoms with Crippen LogP contribution in [0.3, 0.4) is 0 Å². The predicted octanol–water partition coefficient (Wildman–Crippen LogP) is 3.04. The Labute approximate surface area is 173 Å². The van der Waals surface area contributed by atoms with E-state index in [4.69, 9.17) is 9.47 Å². The molecule has 0 radical (unpaired) electrons. The van der Waals surface area contributed by atoms with Crippen molar-refractivity contribution in [3.05, 3.63) is 54.1 Å². The van der Waals surface area contributed by atoms with E-state index in [2.05, 4.69) is 27.2 Å². The van der Waals surface area contributed by atoms with Gasteiger partial charge in [0.25, 0.3) is 5.91 Å². The topological polar surface area (TPSA) is 54.0 Å². The van der Waals surface area contributed by atoms with Crippen LogP contribution in [0.1, 0.15) is 23.7 Å². The number of carbonyl (C=O) groups is 1. The number of rotatable bonds is 9. The van der Waals surface area contributed by atoms with E-state index >= 15 is 0 Å². The van der Waals surface area contributed by atoms with Crippen molar-refractivity contribution >= 4 is 11.6 Å². The van der Waals surface area contributed by atoms with Crippen molar-refractivity contribution in [2.75, 3.05) is 57.9 Å². The highest BCUT2D eigenvalue weighted by molar-refractivity contribution is 5.94. The van der Waals surface area contributed by atoms with Crippen LogP contribution in [0.15, 0.2) is 48.5 Å². The van der Waals surface area contributed by atoms with Gasteiger partial charge in [-0.25, -0.2) is 0 Å². The number of nitrogens with zero attached hydrogens (tertiary/aromatic N) is 2. The quantitative estimate of drug-likeness (QED) is 0.659. The van der Waals surface area contributed by atoms with Gasteiger partial charge in [0.2, 0.25) is 0 Å². The molecule has 2 aromatic carbocycles. The maximum atomic E-state index is 12.2. The van der Waals surface area contributed by atoms with Crippen molar-refractivity contribution in [1.82, 2.24) is 10.2 Å². The van der Waals surface area contributed by atoms with Gasteiger partial charge in [0.15, 0.2) is 0 Å². The smallest absolute Gasteiger partial charge is 0.251 e. The maximum absolute atomic E-state index is 12.2. The lowest BCUT2D eigenvalue weighted by molar-refractivity contribution is 0.0951. The lowest BCUT2D eigenvalue weighted by Gasteiger charge is -2.36. The Hall–Kier alpha value is -2.73. The van der Waals surface area contributed by atoms with Crippen molar-refractivity contribution in [3.8, 4) is 11.5 Å². The van der Waals surface area contributed by atoms with Gasteiger partial charge in [0.1, 0.15) is 11.5 Å². The number of piperazine rings is 1. The zero-order valence-electron chi connectivity index (χ0n) is 17.4. The average molecular weight is 398 g/mol. The lowest BCUT2D eigenvalue weighted by atomic mass is 10.2. The van der Waals surface area contributed by atoms with Gasteiger partial charge in [-0.1, -0.05) is 0 Å². The van der Waals surface area contributed by atoms with E-state index in [1.807, 2.05) is 31.2 Å². The van der Waals surface area contributed by atoms with E-state index in [9.17, 15) is 4.79 Å². The van der Waals surface area contributed by atoms with E-state index in [0.717, 1.165) is 50.6 Å². The van der Waals surface area contributed by atoms with Crippen LogP contribution < -0.4 is 19.7 Å². The molecular formula is C23H31N3O3. The van der Waals surface area contributed by atoms with Gasteiger partial charge in [-0.05, 0) is 68.4 Å². The summed E-state index contributed by atoms with van der Waals surface area (Å²) in [4.78, 5) is 17.1. The van der Waals surface area contributed by atoms with Crippen molar-refractivity contribution in [3.63, 3.8) is 0 Å². The summed E-state index contributed by atoms with van der Waals surface area (Å²) in [7, 11) is 1.69. The van der Waals surface area contributed by atoms with E-state index in [1.54, 1.807) is 19.2 Å². The van der Waals surface area contributed by atoms with Crippen LogP contribution in [-0.4, -0.2) is 63.8 Å². The van der Waals surface area contributed by atoms with Crippen LogP contribution >= 0.6 is 0 Å². The summed E-state index contributed by atoms with van der Waals surface area (Å²) in [6, 6.07) is 15.5. The fraction of sp³-hybridized carbons (Fsp3) is 0.435. The molecule has 1 saturated heterocycles. The summed E-state index contributed by atoms with van der Waals surface area (Å²) in [5, 5.41) is 3.01. The minimum absolute atomic E-state index is 0.0302.